The van der Waals surface area contributed by atoms with Crippen LogP contribution in [0.2, 0.25) is 0 Å². The molecule has 1 saturated carbocycles. The summed E-state index contributed by atoms with van der Waals surface area (Å²) in [6, 6.07) is 4.20. The van der Waals surface area contributed by atoms with Crippen LogP contribution in [0.3, 0.4) is 0 Å². The third-order valence-electron chi connectivity index (χ3n) is 5.42. The van der Waals surface area contributed by atoms with Crippen LogP contribution in [0.15, 0.2) is 30.7 Å². The Morgan fingerprint density at radius 2 is 2.04 bits per heavy atom. The minimum atomic E-state index is 0.0772. The van der Waals surface area contributed by atoms with E-state index in [1.807, 2.05) is 23.5 Å². The van der Waals surface area contributed by atoms with Crippen molar-refractivity contribution in [3.8, 4) is 0 Å². The van der Waals surface area contributed by atoms with Crippen LogP contribution in [0.4, 0.5) is 10.5 Å². The maximum atomic E-state index is 12.3. The Hall–Kier alpha value is -2.83. The predicted octanol–water partition coefficient (Wildman–Crippen LogP) is 2.35. The van der Waals surface area contributed by atoms with Crippen molar-refractivity contribution >= 4 is 33.7 Å². The number of aromatic amines is 1. The van der Waals surface area contributed by atoms with Gasteiger partial charge in [0.25, 0.3) is 0 Å². The number of piperazine rings is 1. The number of rotatable bonds is 3. The highest BCUT2D eigenvalue weighted by molar-refractivity contribution is 6.10. The van der Waals surface area contributed by atoms with E-state index in [9.17, 15) is 4.79 Å². The molecule has 0 unspecified atom stereocenters. The summed E-state index contributed by atoms with van der Waals surface area (Å²) in [5, 5.41) is 5.29. The standard InChI is InChI=1S/C19H22N6O/c26-19(23-11-13-1-2-13)25-9-7-24(8-10-25)16-4-6-20-15-12-22-18-14(17(15)16)3-5-21-18/h3-6,12-13H,1-2,7-11H2,(H,21,22)(H,23,26). The highest BCUT2D eigenvalue weighted by atomic mass is 16.2. The lowest BCUT2D eigenvalue weighted by molar-refractivity contribution is 0.194. The van der Waals surface area contributed by atoms with Gasteiger partial charge in [-0.05, 0) is 30.9 Å². The van der Waals surface area contributed by atoms with Crippen LogP contribution in [0.1, 0.15) is 12.8 Å². The largest absolute Gasteiger partial charge is 0.367 e. The Balaban J connectivity index is 1.36. The van der Waals surface area contributed by atoms with Crippen LogP contribution < -0.4 is 10.2 Å². The zero-order valence-electron chi connectivity index (χ0n) is 14.6. The molecule has 3 aromatic heterocycles. The fourth-order valence-electron chi connectivity index (χ4n) is 3.72. The van der Waals surface area contributed by atoms with Gasteiger partial charge >= 0.3 is 6.03 Å². The van der Waals surface area contributed by atoms with Gasteiger partial charge in [-0.15, -0.1) is 0 Å². The SMILES string of the molecule is O=C(NCC1CC1)N1CCN(c2ccnc3cnc4[nH]ccc4c23)CC1. The lowest BCUT2D eigenvalue weighted by Gasteiger charge is -2.36. The number of amides is 2. The highest BCUT2D eigenvalue weighted by Crippen LogP contribution is 2.31. The first-order valence-electron chi connectivity index (χ1n) is 9.28. The monoisotopic (exact) mass is 350 g/mol. The highest BCUT2D eigenvalue weighted by Gasteiger charge is 2.26. The Kier molecular flexibility index (Phi) is 3.65. The van der Waals surface area contributed by atoms with Crippen LogP contribution >= 0.6 is 0 Å². The van der Waals surface area contributed by atoms with Crippen molar-refractivity contribution < 1.29 is 4.79 Å². The Labute approximate surface area is 151 Å². The van der Waals surface area contributed by atoms with E-state index in [2.05, 4.69) is 37.3 Å². The first-order valence-corrected chi connectivity index (χ1v) is 9.28. The molecule has 3 aromatic rings. The number of nitrogens with zero attached hydrogens (tertiary/aromatic N) is 4. The number of aromatic nitrogens is 3. The molecule has 7 nitrogen and oxygen atoms in total. The summed E-state index contributed by atoms with van der Waals surface area (Å²) >= 11 is 0. The van der Waals surface area contributed by atoms with Crippen molar-refractivity contribution in [1.82, 2.24) is 25.2 Å². The summed E-state index contributed by atoms with van der Waals surface area (Å²) in [7, 11) is 0. The van der Waals surface area contributed by atoms with E-state index in [0.29, 0.717) is 5.92 Å². The molecule has 2 fully saturated rings. The van der Waals surface area contributed by atoms with Crippen molar-refractivity contribution in [3.63, 3.8) is 0 Å². The molecule has 1 aliphatic carbocycles. The maximum Gasteiger partial charge on any atom is 0.317 e. The molecular formula is C19H22N6O. The molecule has 0 aromatic carbocycles. The fourth-order valence-corrected chi connectivity index (χ4v) is 3.72. The van der Waals surface area contributed by atoms with E-state index in [0.717, 1.165) is 54.7 Å². The van der Waals surface area contributed by atoms with Crippen LogP contribution in [-0.4, -0.2) is 58.6 Å². The van der Waals surface area contributed by atoms with Crippen LogP contribution in [0.5, 0.6) is 0 Å². The van der Waals surface area contributed by atoms with E-state index in [-0.39, 0.29) is 6.03 Å². The molecule has 0 bridgehead atoms. The molecule has 5 rings (SSSR count). The second-order valence-electron chi connectivity index (χ2n) is 7.19. The zero-order chi connectivity index (χ0) is 17.5. The number of fused-ring (bicyclic) bond motifs is 3. The van der Waals surface area contributed by atoms with Crippen molar-refractivity contribution in [1.29, 1.82) is 0 Å². The zero-order valence-corrected chi connectivity index (χ0v) is 14.6. The number of urea groups is 1. The normalized spacial score (nSPS) is 17.8. The average molecular weight is 350 g/mol. The first kappa shape index (κ1) is 15.4. The van der Waals surface area contributed by atoms with E-state index >= 15 is 0 Å². The first-order chi connectivity index (χ1) is 12.8. The number of hydrogen-bond acceptors (Lipinski definition) is 4. The molecule has 2 N–H and O–H groups in total. The fraction of sp³-hybridized carbons (Fsp3) is 0.421. The summed E-state index contributed by atoms with van der Waals surface area (Å²) < 4.78 is 0. The van der Waals surface area contributed by atoms with Crippen molar-refractivity contribution in [2.45, 2.75) is 12.8 Å². The van der Waals surface area contributed by atoms with Gasteiger partial charge in [0, 0.05) is 61.6 Å². The number of carbonyl (C=O) groups is 1. The van der Waals surface area contributed by atoms with Gasteiger partial charge in [0.15, 0.2) is 0 Å². The Bertz CT molecular complexity index is 955. The lowest BCUT2D eigenvalue weighted by atomic mass is 10.1. The summed E-state index contributed by atoms with van der Waals surface area (Å²) in [4.78, 5) is 28.7. The molecule has 0 atom stereocenters. The molecule has 26 heavy (non-hydrogen) atoms. The molecule has 1 aliphatic heterocycles. The topological polar surface area (TPSA) is 77.2 Å². The van der Waals surface area contributed by atoms with Crippen LogP contribution in [-0.2, 0) is 0 Å². The number of carbonyl (C=O) groups excluding carboxylic acids is 1. The Morgan fingerprint density at radius 3 is 2.85 bits per heavy atom. The van der Waals surface area contributed by atoms with Gasteiger partial charge in [0.05, 0.1) is 11.7 Å². The van der Waals surface area contributed by atoms with Crippen molar-refractivity contribution in [2.75, 3.05) is 37.6 Å². The van der Waals surface area contributed by atoms with Crippen molar-refractivity contribution in [3.05, 3.63) is 30.7 Å². The number of anilines is 1. The molecule has 0 spiro atoms. The van der Waals surface area contributed by atoms with E-state index in [1.54, 1.807) is 0 Å². The van der Waals surface area contributed by atoms with Crippen LogP contribution in [0, 0.1) is 5.92 Å². The second kappa shape index (κ2) is 6.16. The molecule has 134 valence electrons. The molecule has 2 amide bonds. The minimum absolute atomic E-state index is 0.0772. The smallest absolute Gasteiger partial charge is 0.317 e. The van der Waals surface area contributed by atoms with E-state index in [4.69, 9.17) is 0 Å². The minimum Gasteiger partial charge on any atom is -0.367 e. The van der Waals surface area contributed by atoms with Gasteiger partial charge in [-0.2, -0.15) is 0 Å². The van der Waals surface area contributed by atoms with Gasteiger partial charge in [0.2, 0.25) is 0 Å². The second-order valence-corrected chi connectivity index (χ2v) is 7.19. The third-order valence-corrected chi connectivity index (χ3v) is 5.42. The molecule has 2 aliphatic rings. The summed E-state index contributed by atoms with van der Waals surface area (Å²) in [5.74, 6) is 0.709. The molecule has 7 heteroatoms. The summed E-state index contributed by atoms with van der Waals surface area (Å²) in [5.41, 5.74) is 2.95. The number of hydrogen-bond donors (Lipinski definition) is 2. The molecule has 0 radical (unpaired) electrons. The quantitative estimate of drug-likeness (QED) is 0.760. The maximum absolute atomic E-state index is 12.3. The average Bonchev–Trinajstić information content (AvgIpc) is 3.39. The van der Waals surface area contributed by atoms with Gasteiger partial charge in [-0.25, -0.2) is 9.78 Å². The molecule has 1 saturated heterocycles. The number of pyridine rings is 2. The molecular weight excluding hydrogens is 328 g/mol. The van der Waals surface area contributed by atoms with E-state index < -0.39 is 0 Å². The van der Waals surface area contributed by atoms with Gasteiger partial charge in [0.1, 0.15) is 5.65 Å². The molecule has 4 heterocycles. The summed E-state index contributed by atoms with van der Waals surface area (Å²) in [6.45, 7) is 3.95. The van der Waals surface area contributed by atoms with Crippen LogP contribution in [0.25, 0.3) is 21.9 Å². The number of H-pyrrole nitrogens is 1. The van der Waals surface area contributed by atoms with Crippen molar-refractivity contribution in [2.24, 2.45) is 5.92 Å². The third kappa shape index (κ3) is 2.73. The predicted molar refractivity (Wildman–Crippen MR) is 101 cm³/mol. The summed E-state index contributed by atoms with van der Waals surface area (Å²) in [6.07, 6.45) is 8.08. The Morgan fingerprint density at radius 1 is 1.19 bits per heavy atom. The number of nitrogens with one attached hydrogen (secondary N) is 2. The van der Waals surface area contributed by atoms with Gasteiger partial charge in [-0.1, -0.05) is 0 Å². The lowest BCUT2D eigenvalue weighted by Crippen LogP contribution is -2.52. The van der Waals surface area contributed by atoms with E-state index in [1.165, 1.54) is 18.5 Å². The van der Waals surface area contributed by atoms with Gasteiger partial charge in [-0.3, -0.25) is 4.98 Å². The van der Waals surface area contributed by atoms with Gasteiger partial charge < -0.3 is 20.1 Å².